The lowest BCUT2D eigenvalue weighted by Crippen LogP contribution is -2.10. The number of ether oxygens (including phenoxy) is 1. The smallest absolute Gasteiger partial charge is 0.248 e. The van der Waals surface area contributed by atoms with Gasteiger partial charge in [0.1, 0.15) is 5.75 Å². The second kappa shape index (κ2) is 6.33. The van der Waals surface area contributed by atoms with Crippen molar-refractivity contribution < 1.29 is 9.53 Å². The van der Waals surface area contributed by atoms with Crippen LogP contribution < -0.4 is 10.5 Å². The standard InChI is InChI=1S/C20H16N4O2/c1-13-9-16(24-8-2-7-22-24)12-17(10-13)26-19-6-4-14-11-15(20(21)25)3-5-18(14)23-19/h2-12H,1H3,(H2,21,25). The van der Waals surface area contributed by atoms with Crippen molar-refractivity contribution >= 4 is 16.8 Å². The molecule has 6 heteroatoms. The van der Waals surface area contributed by atoms with Crippen LogP contribution >= 0.6 is 0 Å². The van der Waals surface area contributed by atoms with Crippen LogP contribution in [0.1, 0.15) is 15.9 Å². The monoisotopic (exact) mass is 344 g/mol. The predicted molar refractivity (Wildman–Crippen MR) is 98.6 cm³/mol. The summed E-state index contributed by atoms with van der Waals surface area (Å²) < 4.78 is 7.72. The quantitative estimate of drug-likeness (QED) is 0.613. The van der Waals surface area contributed by atoms with E-state index in [1.165, 1.54) is 0 Å². The number of aromatic nitrogens is 3. The molecule has 2 aromatic carbocycles. The first-order valence-corrected chi connectivity index (χ1v) is 8.09. The number of benzene rings is 2. The molecular weight excluding hydrogens is 328 g/mol. The van der Waals surface area contributed by atoms with Gasteiger partial charge in [-0.05, 0) is 55.0 Å². The van der Waals surface area contributed by atoms with Crippen LogP contribution in [0.2, 0.25) is 0 Å². The number of pyridine rings is 1. The molecule has 6 nitrogen and oxygen atoms in total. The van der Waals surface area contributed by atoms with Gasteiger partial charge in [0.25, 0.3) is 0 Å². The maximum Gasteiger partial charge on any atom is 0.248 e. The number of aryl methyl sites for hydroxylation is 1. The molecule has 4 rings (SSSR count). The number of hydrogen-bond donors (Lipinski definition) is 1. The van der Waals surface area contributed by atoms with E-state index in [1.807, 2.05) is 43.5 Å². The van der Waals surface area contributed by atoms with E-state index in [4.69, 9.17) is 10.5 Å². The zero-order valence-electron chi connectivity index (χ0n) is 14.1. The molecule has 0 aliphatic rings. The fourth-order valence-corrected chi connectivity index (χ4v) is 2.78. The third kappa shape index (κ3) is 3.12. The van der Waals surface area contributed by atoms with Crippen molar-refractivity contribution in [1.29, 1.82) is 0 Å². The molecule has 0 bridgehead atoms. The average Bonchev–Trinajstić information content (AvgIpc) is 3.15. The lowest BCUT2D eigenvalue weighted by atomic mass is 10.1. The van der Waals surface area contributed by atoms with Crippen LogP contribution in [0.15, 0.2) is 67.0 Å². The van der Waals surface area contributed by atoms with Crippen molar-refractivity contribution in [1.82, 2.24) is 14.8 Å². The molecule has 1 amide bonds. The average molecular weight is 344 g/mol. The first-order chi connectivity index (χ1) is 12.6. The number of rotatable bonds is 4. The van der Waals surface area contributed by atoms with E-state index in [9.17, 15) is 4.79 Å². The number of nitrogens with two attached hydrogens (primary N) is 1. The Labute approximate surface area is 149 Å². The van der Waals surface area contributed by atoms with Crippen molar-refractivity contribution in [2.24, 2.45) is 5.73 Å². The number of fused-ring (bicyclic) bond motifs is 1. The fourth-order valence-electron chi connectivity index (χ4n) is 2.78. The molecule has 2 heterocycles. The zero-order valence-corrected chi connectivity index (χ0v) is 14.1. The van der Waals surface area contributed by atoms with E-state index in [0.717, 1.165) is 22.2 Å². The molecule has 2 N–H and O–H groups in total. The fraction of sp³-hybridized carbons (Fsp3) is 0.0500. The molecule has 0 fully saturated rings. The van der Waals surface area contributed by atoms with Crippen LogP contribution in [-0.2, 0) is 0 Å². The summed E-state index contributed by atoms with van der Waals surface area (Å²) in [5.74, 6) is 0.690. The van der Waals surface area contributed by atoms with Gasteiger partial charge in [-0.15, -0.1) is 0 Å². The molecule has 0 atom stereocenters. The van der Waals surface area contributed by atoms with Crippen molar-refractivity contribution in [3.8, 4) is 17.3 Å². The number of nitrogens with zero attached hydrogens (tertiary/aromatic N) is 3. The van der Waals surface area contributed by atoms with Crippen molar-refractivity contribution in [3.05, 3.63) is 78.1 Å². The maximum absolute atomic E-state index is 11.3. The molecule has 0 saturated carbocycles. The van der Waals surface area contributed by atoms with E-state index in [2.05, 4.69) is 10.1 Å². The Hall–Kier alpha value is -3.67. The number of carbonyl (C=O) groups excluding carboxylic acids is 1. The Morgan fingerprint density at radius 2 is 2.00 bits per heavy atom. The number of carbonyl (C=O) groups is 1. The van der Waals surface area contributed by atoms with Gasteiger partial charge >= 0.3 is 0 Å². The molecular formula is C20H16N4O2. The van der Waals surface area contributed by atoms with Gasteiger partial charge in [-0.3, -0.25) is 4.79 Å². The van der Waals surface area contributed by atoms with Crippen molar-refractivity contribution in [2.45, 2.75) is 6.92 Å². The number of amides is 1. The van der Waals surface area contributed by atoms with Crippen LogP contribution in [-0.4, -0.2) is 20.7 Å². The highest BCUT2D eigenvalue weighted by atomic mass is 16.5. The highest BCUT2D eigenvalue weighted by molar-refractivity contribution is 5.96. The molecule has 0 unspecified atom stereocenters. The lowest BCUT2D eigenvalue weighted by Gasteiger charge is -2.10. The third-order valence-corrected chi connectivity index (χ3v) is 3.98. The number of primary amides is 1. The van der Waals surface area contributed by atoms with Gasteiger partial charge in [0, 0.05) is 35.5 Å². The molecule has 0 spiro atoms. The second-order valence-electron chi connectivity index (χ2n) is 5.98. The minimum atomic E-state index is -0.460. The Bertz CT molecular complexity index is 1100. The van der Waals surface area contributed by atoms with E-state index in [-0.39, 0.29) is 0 Å². The lowest BCUT2D eigenvalue weighted by molar-refractivity contribution is 0.100. The van der Waals surface area contributed by atoms with Crippen LogP contribution in [0.4, 0.5) is 0 Å². The largest absolute Gasteiger partial charge is 0.439 e. The Kier molecular flexibility index (Phi) is 3.85. The Balaban J connectivity index is 1.67. The number of hydrogen-bond acceptors (Lipinski definition) is 4. The summed E-state index contributed by atoms with van der Waals surface area (Å²) in [5, 5.41) is 5.08. The van der Waals surface area contributed by atoms with Crippen molar-refractivity contribution in [2.75, 3.05) is 0 Å². The highest BCUT2D eigenvalue weighted by Crippen LogP contribution is 2.26. The molecule has 26 heavy (non-hydrogen) atoms. The van der Waals surface area contributed by atoms with Gasteiger partial charge in [-0.25, -0.2) is 9.67 Å². The summed E-state index contributed by atoms with van der Waals surface area (Å²) in [5.41, 5.74) is 8.47. The molecule has 0 saturated heterocycles. The minimum absolute atomic E-state index is 0.454. The summed E-state index contributed by atoms with van der Waals surface area (Å²) in [6, 6.07) is 16.5. The zero-order chi connectivity index (χ0) is 18.1. The second-order valence-corrected chi connectivity index (χ2v) is 5.98. The topological polar surface area (TPSA) is 83.0 Å². The molecule has 0 aliphatic carbocycles. The van der Waals surface area contributed by atoms with Gasteiger partial charge in [-0.1, -0.05) is 0 Å². The van der Waals surface area contributed by atoms with Gasteiger partial charge in [0.2, 0.25) is 11.8 Å². The van der Waals surface area contributed by atoms with Crippen LogP contribution in [0.3, 0.4) is 0 Å². The van der Waals surface area contributed by atoms with Gasteiger partial charge in [0.15, 0.2) is 0 Å². The van der Waals surface area contributed by atoms with Gasteiger partial charge < -0.3 is 10.5 Å². The molecule has 2 aromatic heterocycles. The van der Waals surface area contributed by atoms with E-state index in [0.29, 0.717) is 17.2 Å². The van der Waals surface area contributed by atoms with Crippen molar-refractivity contribution in [3.63, 3.8) is 0 Å². The van der Waals surface area contributed by atoms with Crippen LogP contribution in [0, 0.1) is 6.92 Å². The van der Waals surface area contributed by atoms with Crippen LogP contribution in [0.5, 0.6) is 11.6 Å². The molecule has 0 radical (unpaired) electrons. The summed E-state index contributed by atoms with van der Waals surface area (Å²) in [7, 11) is 0. The van der Waals surface area contributed by atoms with E-state index >= 15 is 0 Å². The summed E-state index contributed by atoms with van der Waals surface area (Å²) in [6.07, 6.45) is 3.61. The summed E-state index contributed by atoms with van der Waals surface area (Å²) in [4.78, 5) is 15.8. The summed E-state index contributed by atoms with van der Waals surface area (Å²) >= 11 is 0. The highest BCUT2D eigenvalue weighted by Gasteiger charge is 2.07. The SMILES string of the molecule is Cc1cc(Oc2ccc3cc(C(N)=O)ccc3n2)cc(-n2cccn2)c1. The molecule has 0 aliphatic heterocycles. The maximum atomic E-state index is 11.3. The molecule has 128 valence electrons. The third-order valence-electron chi connectivity index (χ3n) is 3.98. The Morgan fingerprint density at radius 1 is 1.12 bits per heavy atom. The predicted octanol–water partition coefficient (Wildman–Crippen LogP) is 3.62. The van der Waals surface area contributed by atoms with Gasteiger partial charge in [0.05, 0.1) is 11.2 Å². The normalized spacial score (nSPS) is 10.8. The minimum Gasteiger partial charge on any atom is -0.439 e. The first-order valence-electron chi connectivity index (χ1n) is 8.09. The Morgan fingerprint density at radius 3 is 2.77 bits per heavy atom. The summed E-state index contributed by atoms with van der Waals surface area (Å²) in [6.45, 7) is 2.00. The molecule has 4 aromatic rings. The van der Waals surface area contributed by atoms with Crippen LogP contribution in [0.25, 0.3) is 16.6 Å². The van der Waals surface area contributed by atoms with Gasteiger partial charge in [-0.2, -0.15) is 5.10 Å². The van der Waals surface area contributed by atoms with E-state index in [1.54, 1.807) is 35.1 Å². The van der Waals surface area contributed by atoms with E-state index < -0.39 is 5.91 Å². The first kappa shape index (κ1) is 15.8.